The van der Waals surface area contributed by atoms with Crippen LogP contribution in [0.5, 0.6) is 0 Å². The molecule has 18 heavy (non-hydrogen) atoms. The Morgan fingerprint density at radius 2 is 2.00 bits per heavy atom. The molecule has 106 valence electrons. The summed E-state index contributed by atoms with van der Waals surface area (Å²) >= 11 is 0. The van der Waals surface area contributed by atoms with Crippen molar-refractivity contribution < 1.29 is 19.4 Å². The van der Waals surface area contributed by atoms with E-state index in [4.69, 9.17) is 9.47 Å². The topological polar surface area (TPSA) is 55.8 Å². The maximum Gasteiger partial charge on any atom is 0.308 e. The highest BCUT2D eigenvalue weighted by Gasteiger charge is 2.36. The number of hydrogen-bond donors (Lipinski definition) is 1. The minimum atomic E-state index is -0.739. The van der Waals surface area contributed by atoms with Crippen LogP contribution in [0.2, 0.25) is 0 Å². The van der Waals surface area contributed by atoms with Gasteiger partial charge in [0.1, 0.15) is 0 Å². The van der Waals surface area contributed by atoms with E-state index in [9.17, 15) is 9.90 Å². The van der Waals surface area contributed by atoms with Crippen LogP contribution in [0.4, 0.5) is 0 Å². The van der Waals surface area contributed by atoms with Crippen molar-refractivity contribution in [3.63, 3.8) is 0 Å². The number of ether oxygens (including phenoxy) is 2. The molecule has 0 aliphatic heterocycles. The van der Waals surface area contributed by atoms with Crippen LogP contribution < -0.4 is 0 Å². The largest absolute Gasteiger partial charge is 0.466 e. The second kappa shape index (κ2) is 7.74. The Morgan fingerprint density at radius 1 is 1.33 bits per heavy atom. The quantitative estimate of drug-likeness (QED) is 0.562. The average Bonchev–Trinajstić information content (AvgIpc) is 2.36. The number of esters is 1. The molecule has 0 aromatic heterocycles. The van der Waals surface area contributed by atoms with E-state index in [1.54, 1.807) is 0 Å². The molecule has 0 amide bonds. The molecule has 4 heteroatoms. The Bertz CT molecular complexity index is 244. The monoisotopic (exact) mass is 258 g/mol. The third-order valence-corrected chi connectivity index (χ3v) is 3.55. The lowest BCUT2D eigenvalue weighted by Crippen LogP contribution is -2.40. The van der Waals surface area contributed by atoms with Crippen LogP contribution in [0.25, 0.3) is 0 Å². The highest BCUT2D eigenvalue weighted by molar-refractivity contribution is 5.72. The van der Waals surface area contributed by atoms with Crippen molar-refractivity contribution in [3.8, 4) is 0 Å². The van der Waals surface area contributed by atoms with Crippen LogP contribution in [0, 0.1) is 5.92 Å². The van der Waals surface area contributed by atoms with Gasteiger partial charge in [-0.3, -0.25) is 4.79 Å². The molecule has 0 heterocycles. The number of carbonyl (C=O) groups excluding carboxylic acids is 1. The van der Waals surface area contributed by atoms with Crippen molar-refractivity contribution in [1.29, 1.82) is 0 Å². The lowest BCUT2D eigenvalue weighted by molar-refractivity contribution is -0.152. The predicted octanol–water partition coefficient (Wildman–Crippen LogP) is 2.29. The molecule has 1 aliphatic carbocycles. The first-order valence-electron chi connectivity index (χ1n) is 7.08. The zero-order valence-corrected chi connectivity index (χ0v) is 11.6. The zero-order valence-electron chi connectivity index (χ0n) is 11.6. The first kappa shape index (κ1) is 15.4. The van der Waals surface area contributed by atoms with E-state index in [1.807, 2.05) is 6.92 Å². The molecule has 0 aromatic carbocycles. The van der Waals surface area contributed by atoms with Gasteiger partial charge in [0, 0.05) is 6.61 Å². The van der Waals surface area contributed by atoms with E-state index in [0.717, 1.165) is 12.8 Å². The smallest absolute Gasteiger partial charge is 0.308 e. The van der Waals surface area contributed by atoms with Crippen LogP contribution >= 0.6 is 0 Å². The molecule has 0 unspecified atom stereocenters. The Labute approximate surface area is 110 Å². The van der Waals surface area contributed by atoms with Gasteiger partial charge in [0.15, 0.2) is 0 Å². The number of aliphatic hydroxyl groups is 1. The van der Waals surface area contributed by atoms with E-state index in [1.165, 1.54) is 0 Å². The van der Waals surface area contributed by atoms with Crippen molar-refractivity contribution >= 4 is 5.97 Å². The summed E-state index contributed by atoms with van der Waals surface area (Å²) in [6.07, 6.45) is 4.79. The summed E-state index contributed by atoms with van der Waals surface area (Å²) in [6.45, 7) is 5.46. The molecule has 0 saturated heterocycles. The van der Waals surface area contributed by atoms with E-state index < -0.39 is 5.60 Å². The van der Waals surface area contributed by atoms with E-state index in [2.05, 4.69) is 6.92 Å². The van der Waals surface area contributed by atoms with Gasteiger partial charge in [0.25, 0.3) is 0 Å². The fourth-order valence-electron chi connectivity index (χ4n) is 2.30. The van der Waals surface area contributed by atoms with Gasteiger partial charge < -0.3 is 14.6 Å². The zero-order chi connectivity index (χ0) is 13.4. The summed E-state index contributed by atoms with van der Waals surface area (Å²) in [5.41, 5.74) is -0.739. The second-order valence-electron chi connectivity index (χ2n) is 5.16. The molecular formula is C14H26O4. The van der Waals surface area contributed by atoms with Gasteiger partial charge >= 0.3 is 5.97 Å². The molecule has 0 aromatic rings. The lowest BCUT2D eigenvalue weighted by atomic mass is 9.79. The van der Waals surface area contributed by atoms with Gasteiger partial charge in [-0.15, -0.1) is 0 Å². The summed E-state index contributed by atoms with van der Waals surface area (Å²) < 4.78 is 10.5. The van der Waals surface area contributed by atoms with Gasteiger partial charge in [-0.05, 0) is 39.0 Å². The fraction of sp³-hybridized carbons (Fsp3) is 0.929. The normalized spacial score (nSPS) is 28.1. The minimum absolute atomic E-state index is 0.0409. The summed E-state index contributed by atoms with van der Waals surface area (Å²) in [5.74, 6) is -0.160. The van der Waals surface area contributed by atoms with Crippen LogP contribution in [0.15, 0.2) is 0 Å². The van der Waals surface area contributed by atoms with Crippen LogP contribution in [0.3, 0.4) is 0 Å². The third kappa shape index (κ3) is 4.94. The van der Waals surface area contributed by atoms with Crippen LogP contribution in [0.1, 0.15) is 52.4 Å². The fourth-order valence-corrected chi connectivity index (χ4v) is 2.30. The number of unbranched alkanes of at least 4 members (excludes halogenated alkanes) is 1. The van der Waals surface area contributed by atoms with Gasteiger partial charge in [-0.1, -0.05) is 13.3 Å². The van der Waals surface area contributed by atoms with E-state index in [0.29, 0.717) is 45.5 Å². The Kier molecular flexibility index (Phi) is 6.65. The van der Waals surface area contributed by atoms with Crippen LogP contribution in [-0.4, -0.2) is 36.5 Å². The average molecular weight is 258 g/mol. The van der Waals surface area contributed by atoms with Crippen molar-refractivity contribution in [2.45, 2.75) is 58.0 Å². The second-order valence-corrected chi connectivity index (χ2v) is 5.16. The molecule has 1 N–H and O–H groups in total. The Hall–Kier alpha value is -0.610. The standard InChI is InChI=1S/C14H26O4/c1-3-5-10-17-11-14(16)8-6-12(7-9-14)13(15)18-4-2/h12,16H,3-11H2,1-2H3. The molecule has 4 nitrogen and oxygen atoms in total. The molecule has 1 aliphatic rings. The Balaban J connectivity index is 2.26. The summed E-state index contributed by atoms with van der Waals surface area (Å²) in [4.78, 5) is 11.6. The summed E-state index contributed by atoms with van der Waals surface area (Å²) in [7, 11) is 0. The minimum Gasteiger partial charge on any atom is -0.466 e. The molecule has 1 saturated carbocycles. The predicted molar refractivity (Wildman–Crippen MR) is 69.3 cm³/mol. The first-order valence-corrected chi connectivity index (χ1v) is 7.08. The SMILES string of the molecule is CCCCOCC1(O)CCC(C(=O)OCC)CC1. The van der Waals surface area contributed by atoms with Gasteiger partial charge in [-0.2, -0.15) is 0 Å². The molecule has 1 fully saturated rings. The number of hydrogen-bond acceptors (Lipinski definition) is 4. The van der Waals surface area contributed by atoms with Gasteiger partial charge in [0.2, 0.25) is 0 Å². The van der Waals surface area contributed by atoms with Crippen LogP contribution in [-0.2, 0) is 14.3 Å². The van der Waals surface area contributed by atoms with Crippen molar-refractivity contribution in [1.82, 2.24) is 0 Å². The molecule has 0 radical (unpaired) electrons. The molecular weight excluding hydrogens is 232 g/mol. The maximum atomic E-state index is 11.6. The summed E-state index contributed by atoms with van der Waals surface area (Å²) in [5, 5.41) is 10.3. The molecule has 0 spiro atoms. The van der Waals surface area contributed by atoms with Gasteiger partial charge in [0.05, 0.1) is 24.7 Å². The molecule has 1 rings (SSSR count). The highest BCUT2D eigenvalue weighted by Crippen LogP contribution is 2.33. The number of rotatable bonds is 7. The maximum absolute atomic E-state index is 11.6. The van der Waals surface area contributed by atoms with Crippen molar-refractivity contribution in [3.05, 3.63) is 0 Å². The molecule has 0 bridgehead atoms. The number of carbonyl (C=O) groups is 1. The summed E-state index contributed by atoms with van der Waals surface area (Å²) in [6, 6.07) is 0. The Morgan fingerprint density at radius 3 is 2.56 bits per heavy atom. The van der Waals surface area contributed by atoms with Crippen molar-refractivity contribution in [2.24, 2.45) is 5.92 Å². The highest BCUT2D eigenvalue weighted by atomic mass is 16.5. The lowest BCUT2D eigenvalue weighted by Gasteiger charge is -2.34. The van der Waals surface area contributed by atoms with Gasteiger partial charge in [-0.25, -0.2) is 0 Å². The molecule has 0 atom stereocenters. The van der Waals surface area contributed by atoms with Crippen molar-refractivity contribution in [2.75, 3.05) is 19.8 Å². The van der Waals surface area contributed by atoms with E-state index in [-0.39, 0.29) is 11.9 Å². The first-order chi connectivity index (χ1) is 8.61. The third-order valence-electron chi connectivity index (χ3n) is 3.55. The van der Waals surface area contributed by atoms with E-state index >= 15 is 0 Å².